The van der Waals surface area contributed by atoms with E-state index in [-0.39, 0.29) is 24.8 Å². The number of nitrogens with zero attached hydrogens (tertiary/aromatic N) is 4. The number of aryl methyl sites for hydroxylation is 2. The maximum absolute atomic E-state index is 12.7. The van der Waals surface area contributed by atoms with Gasteiger partial charge < -0.3 is 49.5 Å². The van der Waals surface area contributed by atoms with Crippen LogP contribution < -0.4 is 22.3 Å². The average molecular weight is 1060 g/mol. The molecule has 4 unspecified atom stereocenters. The highest BCUT2D eigenvalue weighted by Gasteiger charge is 2.50. The van der Waals surface area contributed by atoms with Gasteiger partial charge in [0, 0.05) is 12.4 Å². The summed E-state index contributed by atoms with van der Waals surface area (Å²) in [5, 5.41) is 42.1. The summed E-state index contributed by atoms with van der Waals surface area (Å²) < 4.78 is 83.1. The van der Waals surface area contributed by atoms with Crippen LogP contribution in [0.15, 0.2) is 94.8 Å². The van der Waals surface area contributed by atoms with Crippen LogP contribution in [0.4, 0.5) is 11.6 Å². The number of aliphatic hydroxyl groups excluding tert-OH is 4. The lowest BCUT2D eigenvalue weighted by Gasteiger charge is -2.21. The van der Waals surface area contributed by atoms with Crippen molar-refractivity contribution in [3.05, 3.63) is 117 Å². The first-order valence-electron chi connectivity index (χ1n) is 20.4. The fourth-order valence-electron chi connectivity index (χ4n) is 6.56. The number of rotatable bonds is 26. The Hall–Kier alpha value is -3.96. The Morgan fingerprint density at radius 3 is 1.26 bits per heavy atom. The minimum absolute atomic E-state index is 0.0138. The Morgan fingerprint density at radius 2 is 0.899 bits per heavy atom. The SMILES string of the molecule is O=c1nc(NOCCCc2ccccc2)ccn1[C@@H]1O[C@H](COP(=O)(O)OP(=O)(O)OP(=O)(O)OP(=O)(O)OC[C@H]2O[C@@H](n3ccc(NOCCCc4ccccc4)nc3=O)[C@H](O)[C@@H]2O)[C@@H](O)[C@H]1O. The van der Waals surface area contributed by atoms with Crippen molar-refractivity contribution in [2.75, 3.05) is 37.4 Å². The number of phosphoric acid groups is 4. The fourth-order valence-corrected chi connectivity index (χ4v) is 11.5. The summed E-state index contributed by atoms with van der Waals surface area (Å²) in [6, 6.07) is 21.8. The van der Waals surface area contributed by atoms with Crippen molar-refractivity contribution in [2.45, 2.75) is 74.8 Å². The van der Waals surface area contributed by atoms with E-state index in [9.17, 15) is 67.8 Å². The summed E-state index contributed by atoms with van der Waals surface area (Å²) in [5.41, 5.74) is 5.21. The molecule has 0 radical (unpaired) electrons. The number of ether oxygens (including phenoxy) is 2. The van der Waals surface area contributed by atoms with Gasteiger partial charge in [0.1, 0.15) is 36.6 Å². The van der Waals surface area contributed by atoms with Gasteiger partial charge in [-0.3, -0.25) is 27.9 Å². The lowest BCUT2D eigenvalue weighted by Crippen LogP contribution is -2.36. The number of anilines is 2. The third-order valence-electron chi connectivity index (χ3n) is 9.77. The van der Waals surface area contributed by atoms with Gasteiger partial charge in [0.05, 0.1) is 26.4 Å². The molecule has 0 aliphatic carbocycles. The standard InChI is InChI=1S/C36H48N6O23P4/c43-29-25(61-33(31(29)45)41-17-15-27(37-35(41)47)39-57-19-7-13-23-9-3-1-4-10-23)21-59-66(49,50)63-68(53,54)65-69(55,56)64-67(51,52)60-22-26-30(44)32(46)34(62-26)42-18-16-28(38-36(42)48)40-58-20-8-14-24-11-5-2-6-12-24/h1-6,9-12,15-18,25-26,29-34,43-46H,7-8,13-14,19-22H2,(H,49,50)(H,51,52)(H,53,54)(H,55,56)(H,37,39,47)(H,38,40,48)/t25-,26-,29-,30-,31-,32-,33-,34-/m1/s1. The summed E-state index contributed by atoms with van der Waals surface area (Å²) in [6.07, 6.45) is -9.34. The maximum Gasteiger partial charge on any atom is 0.490 e. The third-order valence-corrected chi connectivity index (χ3v) is 15.7. The van der Waals surface area contributed by atoms with Gasteiger partial charge in [0.2, 0.25) is 0 Å². The van der Waals surface area contributed by atoms with Gasteiger partial charge in [-0.25, -0.2) is 38.8 Å². The molecular formula is C36H48N6O23P4. The van der Waals surface area contributed by atoms with Gasteiger partial charge in [0.15, 0.2) is 24.1 Å². The number of phosphoric ester groups is 2. The fraction of sp³-hybridized carbons (Fsp3) is 0.444. The highest BCUT2D eigenvalue weighted by atomic mass is 31.3. The van der Waals surface area contributed by atoms with Gasteiger partial charge >= 0.3 is 42.7 Å². The Labute approximate surface area is 390 Å². The number of nitrogens with one attached hydrogen (secondary N) is 2. The molecule has 0 amide bonds. The lowest BCUT2D eigenvalue weighted by molar-refractivity contribution is -0.0543. The monoisotopic (exact) mass is 1060 g/mol. The molecule has 2 aromatic heterocycles. The Bertz CT molecular complexity index is 2460. The van der Waals surface area contributed by atoms with E-state index in [2.05, 4.69) is 42.9 Å². The van der Waals surface area contributed by atoms with Crippen LogP contribution in [0.3, 0.4) is 0 Å². The van der Waals surface area contributed by atoms with Crippen LogP contribution in [0, 0.1) is 0 Å². The van der Waals surface area contributed by atoms with E-state index >= 15 is 0 Å². The molecule has 380 valence electrons. The molecule has 69 heavy (non-hydrogen) atoms. The molecule has 0 bridgehead atoms. The molecule has 2 aromatic carbocycles. The van der Waals surface area contributed by atoms with Crippen molar-refractivity contribution in [1.29, 1.82) is 0 Å². The highest BCUT2D eigenvalue weighted by molar-refractivity contribution is 7.69. The molecule has 2 saturated heterocycles. The molecule has 2 aliphatic heterocycles. The zero-order chi connectivity index (χ0) is 50.0. The molecule has 6 rings (SSSR count). The number of hydrogen-bond acceptors (Lipinski definition) is 23. The molecule has 0 saturated carbocycles. The zero-order valence-corrected chi connectivity index (χ0v) is 39.2. The van der Waals surface area contributed by atoms with Crippen molar-refractivity contribution in [3.8, 4) is 0 Å². The van der Waals surface area contributed by atoms with Crippen LogP contribution >= 0.6 is 31.3 Å². The van der Waals surface area contributed by atoms with Crippen LogP contribution in [-0.4, -0.2) is 122 Å². The summed E-state index contributed by atoms with van der Waals surface area (Å²) in [5.74, 6) is -0.0276. The number of aliphatic hydroxyl groups is 4. The largest absolute Gasteiger partial charge is 0.490 e. The highest BCUT2D eigenvalue weighted by Crippen LogP contribution is 2.71. The normalized spacial score (nSPS) is 26.1. The molecule has 4 aromatic rings. The predicted molar refractivity (Wildman–Crippen MR) is 232 cm³/mol. The van der Waals surface area contributed by atoms with Crippen LogP contribution in [0.25, 0.3) is 0 Å². The molecule has 0 spiro atoms. The third kappa shape index (κ3) is 16.0. The van der Waals surface area contributed by atoms with Crippen molar-refractivity contribution in [1.82, 2.24) is 19.1 Å². The van der Waals surface area contributed by atoms with Gasteiger partial charge in [-0.15, -0.1) is 0 Å². The van der Waals surface area contributed by atoms with Gasteiger partial charge in [-0.2, -0.15) is 22.9 Å². The minimum atomic E-state index is -6.27. The van der Waals surface area contributed by atoms with Gasteiger partial charge in [-0.1, -0.05) is 60.7 Å². The predicted octanol–water partition coefficient (Wildman–Crippen LogP) is 1.18. The van der Waals surface area contributed by atoms with E-state index in [0.29, 0.717) is 12.8 Å². The lowest BCUT2D eigenvalue weighted by atomic mass is 10.1. The van der Waals surface area contributed by atoms with E-state index in [1.807, 2.05) is 60.7 Å². The first kappa shape index (κ1) is 54.4. The minimum Gasteiger partial charge on any atom is -0.387 e. The van der Waals surface area contributed by atoms with Crippen molar-refractivity contribution < 1.29 is 99.4 Å². The first-order valence-corrected chi connectivity index (χ1v) is 26.4. The second kappa shape index (κ2) is 24.0. The van der Waals surface area contributed by atoms with Crippen molar-refractivity contribution in [3.63, 3.8) is 0 Å². The van der Waals surface area contributed by atoms with E-state index < -0.39 is 105 Å². The molecule has 2 fully saturated rings. The van der Waals surface area contributed by atoms with E-state index in [4.69, 9.17) is 19.1 Å². The quantitative estimate of drug-likeness (QED) is 0.0240. The Balaban J connectivity index is 0.927. The van der Waals surface area contributed by atoms with E-state index in [1.54, 1.807) is 0 Å². The second-order valence-corrected chi connectivity index (χ2v) is 21.1. The van der Waals surface area contributed by atoms with Crippen LogP contribution in [-0.2, 0) is 72.2 Å². The first-order chi connectivity index (χ1) is 32.6. The summed E-state index contributed by atoms with van der Waals surface area (Å²) >= 11 is 0. The molecule has 12 atom stereocenters. The van der Waals surface area contributed by atoms with E-state index in [1.165, 1.54) is 12.1 Å². The van der Waals surface area contributed by atoms with Crippen molar-refractivity contribution in [2.24, 2.45) is 0 Å². The molecule has 4 heterocycles. The number of hydrogen-bond donors (Lipinski definition) is 10. The Kier molecular flexibility index (Phi) is 18.9. The summed E-state index contributed by atoms with van der Waals surface area (Å²) in [6.45, 7) is -1.88. The zero-order valence-electron chi connectivity index (χ0n) is 35.6. The van der Waals surface area contributed by atoms with Gasteiger partial charge in [-0.05, 0) is 48.9 Å². The van der Waals surface area contributed by atoms with Crippen LogP contribution in [0.5, 0.6) is 0 Å². The molecule has 33 heteroatoms. The smallest absolute Gasteiger partial charge is 0.387 e. The molecule has 2 aliphatic rings. The number of benzene rings is 2. The molecule has 10 N–H and O–H groups in total. The van der Waals surface area contributed by atoms with Gasteiger partial charge in [0.25, 0.3) is 0 Å². The topological polar surface area (TPSA) is 407 Å². The molecular weight excluding hydrogens is 1010 g/mol. The molecule has 29 nitrogen and oxygen atoms in total. The Morgan fingerprint density at radius 1 is 0.536 bits per heavy atom. The van der Waals surface area contributed by atoms with Crippen LogP contribution in [0.1, 0.15) is 36.4 Å². The second-order valence-electron chi connectivity index (χ2n) is 14.9. The van der Waals surface area contributed by atoms with E-state index in [0.717, 1.165) is 45.5 Å². The van der Waals surface area contributed by atoms with Crippen LogP contribution in [0.2, 0.25) is 0 Å². The van der Waals surface area contributed by atoms with Crippen molar-refractivity contribution >= 4 is 42.9 Å². The summed E-state index contributed by atoms with van der Waals surface area (Å²) in [7, 11) is -24.3. The summed E-state index contributed by atoms with van der Waals surface area (Å²) in [4.78, 5) is 83.7. The average Bonchev–Trinajstić information content (AvgIpc) is 3.72. The number of aromatic nitrogens is 4. The maximum atomic E-state index is 12.7.